The number of rotatable bonds is 4. The number of aryl methyl sites for hydroxylation is 1. The molecular weight excluding hydrogens is 343 g/mol. The van der Waals surface area contributed by atoms with E-state index in [0.29, 0.717) is 12.4 Å². The number of hydrogen-bond donors (Lipinski definition) is 2. The fourth-order valence-corrected chi connectivity index (χ4v) is 3.55. The van der Waals surface area contributed by atoms with E-state index in [0.717, 1.165) is 26.4 Å². The highest BCUT2D eigenvalue weighted by molar-refractivity contribution is 7.19. The zero-order valence-corrected chi connectivity index (χ0v) is 14.5. The molecule has 8 heteroatoms. The SMILES string of the molecule is Cc1c([C@@H](C)N)sc2c(NCc3ccco3)nc(Cl)nc12.Cl. The summed E-state index contributed by atoms with van der Waals surface area (Å²) in [4.78, 5) is 9.71. The van der Waals surface area contributed by atoms with Crippen LogP contribution in [0, 0.1) is 6.92 Å². The first-order valence-corrected chi connectivity index (χ1v) is 7.74. The molecule has 0 amide bonds. The number of anilines is 1. The number of fused-ring (bicyclic) bond motifs is 1. The molecule has 0 bridgehead atoms. The maximum Gasteiger partial charge on any atom is 0.224 e. The molecule has 3 rings (SSSR count). The normalized spacial score (nSPS) is 12.2. The van der Waals surface area contributed by atoms with E-state index >= 15 is 0 Å². The quantitative estimate of drug-likeness (QED) is 0.679. The van der Waals surface area contributed by atoms with Crippen molar-refractivity contribution in [3.05, 3.63) is 39.9 Å². The van der Waals surface area contributed by atoms with E-state index < -0.39 is 0 Å². The smallest absolute Gasteiger partial charge is 0.224 e. The molecule has 0 saturated carbocycles. The molecule has 0 unspecified atom stereocenters. The summed E-state index contributed by atoms with van der Waals surface area (Å²) >= 11 is 7.64. The summed E-state index contributed by atoms with van der Waals surface area (Å²) in [6.45, 7) is 4.51. The predicted molar refractivity (Wildman–Crippen MR) is 93.0 cm³/mol. The summed E-state index contributed by atoms with van der Waals surface area (Å²) in [6.07, 6.45) is 1.64. The van der Waals surface area contributed by atoms with Crippen molar-refractivity contribution in [1.82, 2.24) is 9.97 Å². The van der Waals surface area contributed by atoms with Crippen molar-refractivity contribution >= 4 is 51.4 Å². The largest absolute Gasteiger partial charge is 0.467 e. The topological polar surface area (TPSA) is 77.0 Å². The minimum atomic E-state index is -0.0408. The lowest BCUT2D eigenvalue weighted by Crippen LogP contribution is -2.03. The Morgan fingerprint density at radius 1 is 1.45 bits per heavy atom. The maximum absolute atomic E-state index is 6.03. The summed E-state index contributed by atoms with van der Waals surface area (Å²) in [7, 11) is 0. The highest BCUT2D eigenvalue weighted by Gasteiger charge is 2.17. The molecule has 0 spiro atoms. The standard InChI is InChI=1S/C14H15ClN4OS.ClH/c1-7-10-12(21-11(7)8(2)16)13(19-14(15)18-10)17-6-9-4-3-5-20-9;/h3-5,8H,6,16H2,1-2H3,(H,17,18,19);1H/t8-;/m1./s1. The molecule has 3 aromatic heterocycles. The number of thiophene rings is 1. The Kier molecular flexibility index (Phi) is 5.28. The lowest BCUT2D eigenvalue weighted by molar-refractivity contribution is 0.518. The van der Waals surface area contributed by atoms with Crippen LogP contribution in [-0.4, -0.2) is 9.97 Å². The fourth-order valence-electron chi connectivity index (χ4n) is 2.22. The second kappa shape index (κ2) is 6.83. The average molecular weight is 359 g/mol. The van der Waals surface area contributed by atoms with Gasteiger partial charge in [-0.3, -0.25) is 0 Å². The Bertz CT molecular complexity index is 771. The van der Waals surface area contributed by atoms with E-state index in [1.54, 1.807) is 17.6 Å². The number of furan rings is 1. The third kappa shape index (κ3) is 3.20. The van der Waals surface area contributed by atoms with E-state index in [2.05, 4.69) is 15.3 Å². The van der Waals surface area contributed by atoms with Crippen LogP contribution in [0.2, 0.25) is 5.28 Å². The molecular formula is C14H16Cl2N4OS. The minimum Gasteiger partial charge on any atom is -0.467 e. The first-order chi connectivity index (χ1) is 10.1. The van der Waals surface area contributed by atoms with Gasteiger partial charge in [-0.1, -0.05) is 0 Å². The molecule has 3 aromatic rings. The monoisotopic (exact) mass is 358 g/mol. The van der Waals surface area contributed by atoms with E-state index in [9.17, 15) is 0 Å². The predicted octanol–water partition coefficient (Wildman–Crippen LogP) is 4.30. The summed E-state index contributed by atoms with van der Waals surface area (Å²) in [5.41, 5.74) is 7.93. The molecule has 5 nitrogen and oxygen atoms in total. The van der Waals surface area contributed by atoms with E-state index in [1.807, 2.05) is 26.0 Å². The van der Waals surface area contributed by atoms with Gasteiger partial charge < -0.3 is 15.5 Å². The first kappa shape index (κ1) is 17.0. The molecule has 0 aromatic carbocycles. The van der Waals surface area contributed by atoms with Crippen molar-refractivity contribution in [3.63, 3.8) is 0 Å². The van der Waals surface area contributed by atoms with Crippen molar-refractivity contribution in [2.75, 3.05) is 5.32 Å². The van der Waals surface area contributed by atoms with Crippen LogP contribution in [0.4, 0.5) is 5.82 Å². The van der Waals surface area contributed by atoms with Crippen LogP contribution in [0.3, 0.4) is 0 Å². The molecule has 3 heterocycles. The number of aromatic nitrogens is 2. The number of nitrogens with zero attached hydrogens (tertiary/aromatic N) is 2. The van der Waals surface area contributed by atoms with Gasteiger partial charge in [0.2, 0.25) is 5.28 Å². The van der Waals surface area contributed by atoms with Crippen LogP contribution in [0.5, 0.6) is 0 Å². The summed E-state index contributed by atoms with van der Waals surface area (Å²) < 4.78 is 6.28. The number of nitrogens with two attached hydrogens (primary N) is 1. The van der Waals surface area contributed by atoms with Crippen LogP contribution in [0.1, 0.15) is 29.2 Å². The Balaban J connectivity index is 0.00000176. The highest BCUT2D eigenvalue weighted by Crippen LogP contribution is 2.37. The number of halogens is 2. The van der Waals surface area contributed by atoms with Crippen molar-refractivity contribution in [1.29, 1.82) is 0 Å². The summed E-state index contributed by atoms with van der Waals surface area (Å²) in [6, 6.07) is 3.71. The Morgan fingerprint density at radius 2 is 2.23 bits per heavy atom. The molecule has 0 saturated heterocycles. The number of nitrogens with one attached hydrogen (secondary N) is 1. The molecule has 0 aliphatic heterocycles. The minimum absolute atomic E-state index is 0. The van der Waals surface area contributed by atoms with Gasteiger partial charge in [-0.2, -0.15) is 4.98 Å². The lowest BCUT2D eigenvalue weighted by atomic mass is 10.2. The van der Waals surface area contributed by atoms with E-state index in [1.165, 1.54) is 0 Å². The molecule has 0 aliphatic carbocycles. The van der Waals surface area contributed by atoms with Crippen LogP contribution >= 0.6 is 35.3 Å². The van der Waals surface area contributed by atoms with E-state index in [4.69, 9.17) is 21.8 Å². The van der Waals surface area contributed by atoms with Crippen molar-refractivity contribution in [2.24, 2.45) is 5.73 Å². The zero-order valence-electron chi connectivity index (χ0n) is 12.1. The molecule has 0 fully saturated rings. The van der Waals surface area contributed by atoms with Gasteiger partial charge in [0.05, 0.1) is 23.0 Å². The molecule has 22 heavy (non-hydrogen) atoms. The highest BCUT2D eigenvalue weighted by atomic mass is 35.5. The third-order valence-corrected chi connectivity index (χ3v) is 4.86. The second-order valence-electron chi connectivity index (χ2n) is 4.83. The molecule has 0 radical (unpaired) electrons. The lowest BCUT2D eigenvalue weighted by Gasteiger charge is -2.05. The molecule has 118 valence electrons. The first-order valence-electron chi connectivity index (χ1n) is 6.54. The van der Waals surface area contributed by atoms with Gasteiger partial charge >= 0.3 is 0 Å². The molecule has 0 aliphatic rings. The van der Waals surface area contributed by atoms with Gasteiger partial charge in [-0.05, 0) is 43.1 Å². The van der Waals surface area contributed by atoms with Crippen molar-refractivity contribution in [3.8, 4) is 0 Å². The van der Waals surface area contributed by atoms with Gasteiger partial charge in [0.25, 0.3) is 0 Å². The number of hydrogen-bond acceptors (Lipinski definition) is 6. The molecule has 1 atom stereocenters. The summed E-state index contributed by atoms with van der Waals surface area (Å²) in [5, 5.41) is 3.47. The van der Waals surface area contributed by atoms with Gasteiger partial charge in [-0.15, -0.1) is 23.7 Å². The van der Waals surface area contributed by atoms with Gasteiger partial charge in [-0.25, -0.2) is 4.98 Å². The van der Waals surface area contributed by atoms with Crippen LogP contribution < -0.4 is 11.1 Å². The maximum atomic E-state index is 6.03. The fraction of sp³-hybridized carbons (Fsp3) is 0.286. The Labute approximate surface area is 143 Å². The Morgan fingerprint density at radius 3 is 2.86 bits per heavy atom. The summed E-state index contributed by atoms with van der Waals surface area (Å²) in [5.74, 6) is 1.54. The average Bonchev–Trinajstić information content (AvgIpc) is 3.05. The van der Waals surface area contributed by atoms with Gasteiger partial charge in [0.1, 0.15) is 11.6 Å². The van der Waals surface area contributed by atoms with Crippen molar-refractivity contribution < 1.29 is 4.42 Å². The van der Waals surface area contributed by atoms with Gasteiger partial charge in [0, 0.05) is 10.9 Å². The van der Waals surface area contributed by atoms with Crippen LogP contribution in [-0.2, 0) is 6.54 Å². The zero-order chi connectivity index (χ0) is 15.0. The molecule has 3 N–H and O–H groups in total. The van der Waals surface area contributed by atoms with Crippen LogP contribution in [0.25, 0.3) is 10.2 Å². The van der Waals surface area contributed by atoms with E-state index in [-0.39, 0.29) is 23.7 Å². The van der Waals surface area contributed by atoms with Crippen molar-refractivity contribution in [2.45, 2.75) is 26.4 Å². The second-order valence-corrected chi connectivity index (χ2v) is 6.22. The van der Waals surface area contributed by atoms with Crippen LogP contribution in [0.15, 0.2) is 22.8 Å². The third-order valence-electron chi connectivity index (χ3n) is 3.20. The van der Waals surface area contributed by atoms with Gasteiger partial charge in [0.15, 0.2) is 0 Å². The Hall–Kier alpha value is -1.34.